The minimum absolute atomic E-state index is 0.00472. The molecule has 0 unspecified atom stereocenters. The molecule has 1 N–H and O–H groups in total. The van der Waals surface area contributed by atoms with Crippen molar-refractivity contribution in [2.45, 2.75) is 25.8 Å². The fraction of sp³-hybridized carbons (Fsp3) is 0.250. The Morgan fingerprint density at radius 2 is 2.23 bits per heavy atom. The minimum Gasteiger partial charge on any atom is -0.487 e. The summed E-state index contributed by atoms with van der Waals surface area (Å²) in [5.41, 5.74) is 0.443. The molecule has 0 spiro atoms. The van der Waals surface area contributed by atoms with Gasteiger partial charge in [-0.25, -0.2) is 0 Å². The molecule has 6 heteroatoms. The highest BCUT2D eigenvalue weighted by Gasteiger charge is 2.45. The highest BCUT2D eigenvalue weighted by Crippen LogP contribution is 2.32. The van der Waals surface area contributed by atoms with Gasteiger partial charge in [-0.05, 0) is 43.7 Å². The van der Waals surface area contributed by atoms with Crippen LogP contribution < -0.4 is 10.1 Å². The van der Waals surface area contributed by atoms with Crippen LogP contribution in [0.15, 0.2) is 65.8 Å². The van der Waals surface area contributed by atoms with Crippen LogP contribution >= 0.6 is 0 Å². The number of hydrogen-bond acceptors (Lipinski definition) is 4. The number of carbonyl (C=O) groups is 2. The first-order valence-electron chi connectivity index (χ1n) is 8.35. The quantitative estimate of drug-likeness (QED) is 0.828. The van der Waals surface area contributed by atoms with Gasteiger partial charge in [0.15, 0.2) is 0 Å². The van der Waals surface area contributed by atoms with Crippen LogP contribution in [-0.4, -0.2) is 34.7 Å². The molecule has 0 saturated carbocycles. The Labute approximate surface area is 152 Å². The number of para-hydroxylation sites is 2. The number of nitrogens with one attached hydrogen (secondary N) is 1. The molecule has 1 aromatic rings. The predicted molar refractivity (Wildman–Crippen MR) is 101 cm³/mol. The van der Waals surface area contributed by atoms with Crippen LogP contribution in [0, 0.1) is 0 Å². The van der Waals surface area contributed by atoms with Crippen molar-refractivity contribution < 1.29 is 14.3 Å². The fourth-order valence-electron chi connectivity index (χ4n) is 2.93. The number of amides is 2. The normalized spacial score (nSPS) is 21.5. The molecule has 2 aliphatic rings. The molecular formula is C20H21N3O3. The molecule has 6 nitrogen and oxygen atoms in total. The first-order valence-corrected chi connectivity index (χ1v) is 8.35. The fourth-order valence-corrected chi connectivity index (χ4v) is 2.93. The lowest BCUT2D eigenvalue weighted by Crippen LogP contribution is -2.58. The molecule has 0 bridgehead atoms. The van der Waals surface area contributed by atoms with Gasteiger partial charge >= 0.3 is 0 Å². The van der Waals surface area contributed by atoms with E-state index in [1.807, 2.05) is 25.1 Å². The molecule has 1 aromatic carbocycles. The number of ether oxygens (including phenoxy) is 1. The average Bonchev–Trinajstić information content (AvgIpc) is 2.60. The molecular weight excluding hydrogens is 330 g/mol. The molecule has 26 heavy (non-hydrogen) atoms. The van der Waals surface area contributed by atoms with Crippen LogP contribution in [0.1, 0.15) is 20.3 Å². The number of benzene rings is 1. The van der Waals surface area contributed by atoms with E-state index in [0.717, 1.165) is 5.57 Å². The topological polar surface area (TPSA) is 71.0 Å². The van der Waals surface area contributed by atoms with Gasteiger partial charge in [-0.1, -0.05) is 24.8 Å². The van der Waals surface area contributed by atoms with Gasteiger partial charge in [0.2, 0.25) is 0 Å². The molecule has 0 aliphatic carbocycles. The lowest BCUT2D eigenvalue weighted by Gasteiger charge is -2.42. The van der Waals surface area contributed by atoms with Gasteiger partial charge < -0.3 is 15.0 Å². The number of hydrogen-bond donors (Lipinski definition) is 1. The van der Waals surface area contributed by atoms with Gasteiger partial charge in [0.1, 0.15) is 23.7 Å². The Kier molecular flexibility index (Phi) is 4.75. The molecule has 0 aromatic heterocycles. The highest BCUT2D eigenvalue weighted by molar-refractivity contribution is 6.12. The average molecular weight is 351 g/mol. The monoisotopic (exact) mass is 351 g/mol. The smallest absolute Gasteiger partial charge is 0.251 e. The Morgan fingerprint density at radius 3 is 3.00 bits per heavy atom. The third-order valence-electron chi connectivity index (χ3n) is 4.34. The summed E-state index contributed by atoms with van der Waals surface area (Å²) in [5, 5.41) is 2.89. The van der Waals surface area contributed by atoms with Gasteiger partial charge in [0.25, 0.3) is 11.8 Å². The third kappa shape index (κ3) is 3.31. The number of nitrogens with zero attached hydrogens (tertiary/aromatic N) is 2. The molecule has 134 valence electrons. The number of amidine groups is 1. The molecule has 3 rings (SSSR count). The summed E-state index contributed by atoms with van der Waals surface area (Å²) in [7, 11) is 0. The van der Waals surface area contributed by atoms with E-state index in [1.54, 1.807) is 42.3 Å². The summed E-state index contributed by atoms with van der Waals surface area (Å²) < 4.78 is 5.59. The van der Waals surface area contributed by atoms with Crippen LogP contribution in [0.2, 0.25) is 0 Å². The number of aliphatic imine (C=N–C) groups is 1. The van der Waals surface area contributed by atoms with Crippen molar-refractivity contribution >= 4 is 23.3 Å². The summed E-state index contributed by atoms with van der Waals surface area (Å²) in [6, 6.07) is 7.17. The summed E-state index contributed by atoms with van der Waals surface area (Å²) in [6.45, 7) is 7.61. The maximum absolute atomic E-state index is 13.1. The van der Waals surface area contributed by atoms with Gasteiger partial charge in [-0.2, -0.15) is 4.99 Å². The van der Waals surface area contributed by atoms with E-state index in [0.29, 0.717) is 23.9 Å². The first kappa shape index (κ1) is 17.7. The summed E-state index contributed by atoms with van der Waals surface area (Å²) >= 11 is 0. The Morgan fingerprint density at radius 1 is 1.46 bits per heavy atom. The van der Waals surface area contributed by atoms with Gasteiger partial charge in [0, 0.05) is 6.20 Å². The van der Waals surface area contributed by atoms with Crippen LogP contribution in [0.25, 0.3) is 0 Å². The standard InChI is InChI=1S/C20H21N3O3/c1-4-11-26-16-8-6-5-7-15(16)21-19(25)20(3)13-18(24)22-17-12-14(2)9-10-23(17)20/h4-10,12H,1,11,13H2,2-3H3,(H,21,25)/t20-/m0/s1. The van der Waals surface area contributed by atoms with Crippen LogP contribution in [0.5, 0.6) is 5.75 Å². The van der Waals surface area contributed by atoms with E-state index < -0.39 is 5.54 Å². The van der Waals surface area contributed by atoms with E-state index in [-0.39, 0.29) is 18.2 Å². The number of carbonyl (C=O) groups excluding carboxylic acids is 2. The second-order valence-electron chi connectivity index (χ2n) is 6.44. The molecule has 0 fully saturated rings. The zero-order valence-electron chi connectivity index (χ0n) is 14.9. The zero-order valence-corrected chi connectivity index (χ0v) is 14.9. The zero-order chi connectivity index (χ0) is 18.7. The predicted octanol–water partition coefficient (Wildman–Crippen LogP) is 3.05. The third-order valence-corrected chi connectivity index (χ3v) is 4.34. The SMILES string of the molecule is C=CCOc1ccccc1NC(=O)[C@]1(C)CC(=O)N=C2C=C(C)C=CN21. The second-order valence-corrected chi connectivity index (χ2v) is 6.44. The van der Waals surface area contributed by atoms with E-state index >= 15 is 0 Å². The van der Waals surface area contributed by atoms with Crippen LogP contribution in [-0.2, 0) is 9.59 Å². The van der Waals surface area contributed by atoms with E-state index in [4.69, 9.17) is 4.74 Å². The van der Waals surface area contributed by atoms with Gasteiger partial charge in [0.05, 0.1) is 12.1 Å². The maximum Gasteiger partial charge on any atom is 0.251 e. The van der Waals surface area contributed by atoms with Crippen LogP contribution in [0.3, 0.4) is 0 Å². The van der Waals surface area contributed by atoms with Crippen LogP contribution in [0.4, 0.5) is 5.69 Å². The molecule has 2 amide bonds. The van der Waals surface area contributed by atoms with Crippen molar-refractivity contribution in [1.29, 1.82) is 0 Å². The van der Waals surface area contributed by atoms with Crippen molar-refractivity contribution in [3.63, 3.8) is 0 Å². The number of rotatable bonds is 5. The Bertz CT molecular complexity index is 854. The summed E-state index contributed by atoms with van der Waals surface area (Å²) in [6.07, 6.45) is 7.11. The summed E-state index contributed by atoms with van der Waals surface area (Å²) in [5.74, 6) is 0.412. The van der Waals surface area contributed by atoms with Crippen molar-refractivity contribution in [2.75, 3.05) is 11.9 Å². The molecule has 1 atom stereocenters. The van der Waals surface area contributed by atoms with Gasteiger partial charge in [-0.15, -0.1) is 0 Å². The number of anilines is 1. The van der Waals surface area contributed by atoms with Crippen molar-refractivity contribution in [3.05, 3.63) is 60.8 Å². The lowest BCUT2D eigenvalue weighted by molar-refractivity contribution is -0.130. The minimum atomic E-state index is -1.08. The maximum atomic E-state index is 13.1. The number of fused-ring (bicyclic) bond motifs is 1. The Balaban J connectivity index is 1.88. The number of allylic oxidation sites excluding steroid dienone is 2. The van der Waals surface area contributed by atoms with Crippen molar-refractivity contribution in [1.82, 2.24) is 4.90 Å². The molecule has 2 aliphatic heterocycles. The van der Waals surface area contributed by atoms with E-state index in [1.165, 1.54) is 0 Å². The van der Waals surface area contributed by atoms with Crippen molar-refractivity contribution in [3.8, 4) is 5.75 Å². The van der Waals surface area contributed by atoms with Crippen molar-refractivity contribution in [2.24, 2.45) is 4.99 Å². The van der Waals surface area contributed by atoms with E-state index in [2.05, 4.69) is 16.9 Å². The second kappa shape index (κ2) is 7.00. The van der Waals surface area contributed by atoms with Gasteiger partial charge in [-0.3, -0.25) is 9.59 Å². The first-order chi connectivity index (χ1) is 12.4. The molecule has 0 radical (unpaired) electrons. The van der Waals surface area contributed by atoms with E-state index in [9.17, 15) is 9.59 Å². The largest absolute Gasteiger partial charge is 0.487 e. The summed E-state index contributed by atoms with van der Waals surface area (Å²) in [4.78, 5) is 31.0. The molecule has 0 saturated heterocycles. The Hall–Kier alpha value is -3.15. The lowest BCUT2D eigenvalue weighted by atomic mass is 9.90. The molecule has 2 heterocycles. The highest BCUT2D eigenvalue weighted by atomic mass is 16.5.